The van der Waals surface area contributed by atoms with Gasteiger partial charge in [0.1, 0.15) is 0 Å². The third-order valence-electron chi connectivity index (χ3n) is 3.82. The molecule has 0 aliphatic heterocycles. The van der Waals surface area contributed by atoms with Gasteiger partial charge >= 0.3 is 5.97 Å². The van der Waals surface area contributed by atoms with Crippen molar-refractivity contribution in [3.8, 4) is 0 Å². The van der Waals surface area contributed by atoms with Crippen LogP contribution in [0, 0.1) is 0 Å². The van der Waals surface area contributed by atoms with E-state index >= 15 is 0 Å². The van der Waals surface area contributed by atoms with Crippen LogP contribution in [0.15, 0.2) is 41.8 Å². The first-order valence-electron chi connectivity index (χ1n) is 8.26. The number of rotatable bonds is 10. The largest absolute Gasteiger partial charge is 0.478 e. The molecule has 5 heteroatoms. The van der Waals surface area contributed by atoms with Gasteiger partial charge in [0.15, 0.2) is 0 Å². The Hall–Kier alpha value is -2.14. The monoisotopic (exact) mass is 345 g/mol. The second-order valence-corrected chi connectivity index (χ2v) is 6.78. The molecule has 0 aliphatic carbocycles. The SMILES string of the molecule is O=C(CCCCCc1cccs1)NCCc1cccc(C(=O)O)c1. The highest BCUT2D eigenvalue weighted by atomic mass is 32.1. The van der Waals surface area contributed by atoms with Crippen LogP contribution in [-0.4, -0.2) is 23.5 Å². The maximum Gasteiger partial charge on any atom is 0.335 e. The molecular formula is C19H23NO3S. The number of amides is 1. The lowest BCUT2D eigenvalue weighted by Gasteiger charge is -2.06. The molecule has 128 valence electrons. The molecule has 4 nitrogen and oxygen atoms in total. The van der Waals surface area contributed by atoms with Crippen molar-refractivity contribution in [3.63, 3.8) is 0 Å². The van der Waals surface area contributed by atoms with E-state index in [-0.39, 0.29) is 11.5 Å². The van der Waals surface area contributed by atoms with E-state index in [0.717, 1.165) is 31.2 Å². The predicted molar refractivity (Wildman–Crippen MR) is 96.6 cm³/mol. The predicted octanol–water partition coefficient (Wildman–Crippen LogP) is 3.91. The summed E-state index contributed by atoms with van der Waals surface area (Å²) in [4.78, 5) is 24.1. The van der Waals surface area contributed by atoms with E-state index in [4.69, 9.17) is 5.11 Å². The van der Waals surface area contributed by atoms with Crippen LogP contribution >= 0.6 is 11.3 Å². The van der Waals surface area contributed by atoms with Crippen molar-refractivity contribution in [2.75, 3.05) is 6.54 Å². The number of aryl methyl sites for hydroxylation is 1. The Morgan fingerprint density at radius 2 is 1.92 bits per heavy atom. The summed E-state index contributed by atoms with van der Waals surface area (Å²) in [6, 6.07) is 11.0. The van der Waals surface area contributed by atoms with E-state index in [1.54, 1.807) is 29.5 Å². The maximum absolute atomic E-state index is 11.8. The van der Waals surface area contributed by atoms with Crippen LogP contribution in [0.25, 0.3) is 0 Å². The first kappa shape index (κ1) is 18.2. The summed E-state index contributed by atoms with van der Waals surface area (Å²) in [5, 5.41) is 13.9. The molecule has 1 heterocycles. The molecular weight excluding hydrogens is 322 g/mol. The molecule has 0 atom stereocenters. The van der Waals surface area contributed by atoms with Gasteiger partial charge in [-0.2, -0.15) is 0 Å². The van der Waals surface area contributed by atoms with Gasteiger partial charge in [0, 0.05) is 17.8 Å². The van der Waals surface area contributed by atoms with E-state index in [1.165, 1.54) is 4.88 Å². The fourth-order valence-electron chi connectivity index (χ4n) is 2.51. The van der Waals surface area contributed by atoms with Crippen LogP contribution in [0.5, 0.6) is 0 Å². The van der Waals surface area contributed by atoms with Crippen molar-refractivity contribution in [2.45, 2.75) is 38.5 Å². The molecule has 1 aromatic heterocycles. The lowest BCUT2D eigenvalue weighted by atomic mass is 10.1. The molecule has 0 spiro atoms. The number of carboxylic acids is 1. The van der Waals surface area contributed by atoms with Crippen molar-refractivity contribution in [3.05, 3.63) is 57.8 Å². The summed E-state index contributed by atoms with van der Waals surface area (Å²) >= 11 is 1.78. The Morgan fingerprint density at radius 1 is 1.04 bits per heavy atom. The Bertz CT molecular complexity index is 652. The summed E-state index contributed by atoms with van der Waals surface area (Å²) in [6.45, 7) is 0.539. The minimum atomic E-state index is -0.927. The highest BCUT2D eigenvalue weighted by molar-refractivity contribution is 7.09. The zero-order valence-corrected chi connectivity index (χ0v) is 14.5. The normalized spacial score (nSPS) is 10.5. The molecule has 2 N–H and O–H groups in total. The maximum atomic E-state index is 11.8. The number of carbonyl (C=O) groups is 2. The highest BCUT2D eigenvalue weighted by Crippen LogP contribution is 2.13. The van der Waals surface area contributed by atoms with Gasteiger partial charge in [0.05, 0.1) is 5.56 Å². The van der Waals surface area contributed by atoms with E-state index < -0.39 is 5.97 Å². The number of thiophene rings is 1. The smallest absolute Gasteiger partial charge is 0.335 e. The van der Waals surface area contributed by atoms with E-state index in [0.29, 0.717) is 19.4 Å². The number of nitrogens with one attached hydrogen (secondary N) is 1. The highest BCUT2D eigenvalue weighted by Gasteiger charge is 2.04. The molecule has 1 aromatic carbocycles. The summed E-state index contributed by atoms with van der Waals surface area (Å²) in [6.07, 6.45) is 5.39. The van der Waals surface area contributed by atoms with Gasteiger partial charge in [-0.3, -0.25) is 4.79 Å². The molecule has 24 heavy (non-hydrogen) atoms. The fourth-order valence-corrected chi connectivity index (χ4v) is 3.26. The van der Waals surface area contributed by atoms with Crippen LogP contribution in [0.3, 0.4) is 0 Å². The average Bonchev–Trinajstić information content (AvgIpc) is 3.08. The molecule has 0 saturated heterocycles. The number of aromatic carboxylic acids is 1. The van der Waals surface area contributed by atoms with Gasteiger partial charge in [-0.05, 0) is 54.8 Å². The summed E-state index contributed by atoms with van der Waals surface area (Å²) in [7, 11) is 0. The van der Waals surface area contributed by atoms with Crippen LogP contribution in [0.4, 0.5) is 0 Å². The van der Waals surface area contributed by atoms with Gasteiger partial charge in [-0.15, -0.1) is 11.3 Å². The molecule has 0 aliphatic rings. The number of hydrogen-bond acceptors (Lipinski definition) is 3. The van der Waals surface area contributed by atoms with E-state index in [2.05, 4.69) is 22.8 Å². The standard InChI is InChI=1S/C19H23NO3S/c21-18(10-3-1-2-8-17-9-5-13-24-17)20-12-11-15-6-4-7-16(14-15)19(22)23/h4-7,9,13-14H,1-3,8,10-12H2,(H,20,21)(H,22,23). The second-order valence-electron chi connectivity index (χ2n) is 5.75. The van der Waals surface area contributed by atoms with Crippen molar-refractivity contribution in [1.29, 1.82) is 0 Å². The Morgan fingerprint density at radius 3 is 2.67 bits per heavy atom. The van der Waals surface area contributed by atoms with E-state index in [9.17, 15) is 9.59 Å². The Balaban J connectivity index is 1.56. The Labute approximate surface area is 146 Å². The number of unbranched alkanes of at least 4 members (excludes halogenated alkanes) is 2. The number of hydrogen-bond donors (Lipinski definition) is 2. The zero-order chi connectivity index (χ0) is 17.2. The van der Waals surface area contributed by atoms with Crippen molar-refractivity contribution < 1.29 is 14.7 Å². The molecule has 0 saturated carbocycles. The quantitative estimate of drug-likeness (QED) is 0.642. The summed E-state index contributed by atoms with van der Waals surface area (Å²) in [5.74, 6) is -0.857. The first-order valence-corrected chi connectivity index (χ1v) is 9.14. The lowest BCUT2D eigenvalue weighted by molar-refractivity contribution is -0.121. The molecule has 2 aromatic rings. The fraction of sp³-hybridized carbons (Fsp3) is 0.368. The van der Waals surface area contributed by atoms with Crippen LogP contribution in [-0.2, 0) is 17.6 Å². The van der Waals surface area contributed by atoms with Gasteiger partial charge < -0.3 is 10.4 Å². The van der Waals surface area contributed by atoms with Crippen molar-refractivity contribution >= 4 is 23.2 Å². The molecule has 0 bridgehead atoms. The van der Waals surface area contributed by atoms with Crippen LogP contribution in [0.1, 0.15) is 46.5 Å². The van der Waals surface area contributed by atoms with Gasteiger partial charge in [-0.1, -0.05) is 24.6 Å². The van der Waals surface area contributed by atoms with Crippen molar-refractivity contribution in [2.24, 2.45) is 0 Å². The number of benzene rings is 1. The van der Waals surface area contributed by atoms with E-state index in [1.807, 2.05) is 6.07 Å². The summed E-state index contributed by atoms with van der Waals surface area (Å²) in [5.41, 5.74) is 1.20. The molecule has 0 fully saturated rings. The Kier molecular flexibility index (Phi) is 7.49. The van der Waals surface area contributed by atoms with Crippen LogP contribution < -0.4 is 5.32 Å². The van der Waals surface area contributed by atoms with Gasteiger partial charge in [0.2, 0.25) is 5.91 Å². The third-order valence-corrected chi connectivity index (χ3v) is 4.75. The first-order chi connectivity index (χ1) is 11.6. The summed E-state index contributed by atoms with van der Waals surface area (Å²) < 4.78 is 0. The molecule has 2 rings (SSSR count). The molecule has 0 radical (unpaired) electrons. The van der Waals surface area contributed by atoms with Gasteiger partial charge in [-0.25, -0.2) is 4.79 Å². The zero-order valence-electron chi connectivity index (χ0n) is 13.7. The van der Waals surface area contributed by atoms with Crippen LogP contribution in [0.2, 0.25) is 0 Å². The lowest BCUT2D eigenvalue weighted by Crippen LogP contribution is -2.25. The molecule has 1 amide bonds. The van der Waals surface area contributed by atoms with Crippen molar-refractivity contribution in [1.82, 2.24) is 5.32 Å². The molecule has 0 unspecified atom stereocenters. The third kappa shape index (κ3) is 6.54. The number of carboxylic acid groups (broad SMARTS) is 1. The minimum Gasteiger partial charge on any atom is -0.478 e. The minimum absolute atomic E-state index is 0.0699. The number of carbonyl (C=O) groups excluding carboxylic acids is 1. The average molecular weight is 345 g/mol. The second kappa shape index (κ2) is 9.88. The van der Waals surface area contributed by atoms with Gasteiger partial charge in [0.25, 0.3) is 0 Å². The topological polar surface area (TPSA) is 66.4 Å².